The molecule has 3 aromatic rings. The molecule has 3 rings (SSSR count). The van der Waals surface area contributed by atoms with Crippen LogP contribution in [0.25, 0.3) is 22.4 Å². The molecule has 0 radical (unpaired) electrons. The van der Waals surface area contributed by atoms with Crippen LogP contribution in [0.4, 0.5) is 0 Å². The van der Waals surface area contributed by atoms with E-state index in [4.69, 9.17) is 11.6 Å². The number of benzene rings is 2. The van der Waals surface area contributed by atoms with Crippen molar-refractivity contribution in [3.63, 3.8) is 0 Å². The Bertz CT molecular complexity index is 808. The minimum absolute atomic E-state index is 0.0511. The van der Waals surface area contributed by atoms with Gasteiger partial charge in [0.1, 0.15) is 5.82 Å². The Labute approximate surface area is 133 Å². The van der Waals surface area contributed by atoms with Gasteiger partial charge in [-0.05, 0) is 36.8 Å². The molecule has 0 spiro atoms. The molecule has 1 amide bonds. The number of halogens is 1. The Morgan fingerprint density at radius 3 is 2.73 bits per heavy atom. The number of aromatic amines is 1. The third kappa shape index (κ3) is 2.97. The highest BCUT2D eigenvalue weighted by Gasteiger charge is 2.08. The molecule has 0 saturated heterocycles. The summed E-state index contributed by atoms with van der Waals surface area (Å²) < 4.78 is 0. The van der Waals surface area contributed by atoms with E-state index in [1.54, 1.807) is 12.1 Å². The van der Waals surface area contributed by atoms with Crippen molar-refractivity contribution in [2.75, 3.05) is 6.54 Å². The Kier molecular flexibility index (Phi) is 4.11. The van der Waals surface area contributed by atoms with Crippen molar-refractivity contribution < 1.29 is 4.79 Å². The molecule has 0 aliphatic rings. The number of carbonyl (C=O) groups is 1. The van der Waals surface area contributed by atoms with E-state index >= 15 is 0 Å². The molecule has 5 heteroatoms. The van der Waals surface area contributed by atoms with Crippen molar-refractivity contribution in [1.82, 2.24) is 15.3 Å². The lowest BCUT2D eigenvalue weighted by molar-refractivity contribution is 0.0953. The molecule has 2 N–H and O–H groups in total. The number of H-pyrrole nitrogens is 1. The average molecular weight is 314 g/mol. The summed E-state index contributed by atoms with van der Waals surface area (Å²) in [7, 11) is 0. The van der Waals surface area contributed by atoms with E-state index in [0.29, 0.717) is 17.1 Å². The van der Waals surface area contributed by atoms with Crippen molar-refractivity contribution in [2.45, 2.75) is 13.3 Å². The van der Waals surface area contributed by atoms with Crippen LogP contribution in [0.5, 0.6) is 0 Å². The van der Waals surface area contributed by atoms with Gasteiger partial charge in [-0.1, -0.05) is 30.7 Å². The highest BCUT2D eigenvalue weighted by atomic mass is 35.5. The number of nitrogens with zero attached hydrogens (tertiary/aromatic N) is 1. The number of hydrogen-bond donors (Lipinski definition) is 2. The molecule has 0 fully saturated rings. The second kappa shape index (κ2) is 6.20. The van der Waals surface area contributed by atoms with Gasteiger partial charge in [0.05, 0.1) is 11.0 Å². The normalized spacial score (nSPS) is 10.8. The lowest BCUT2D eigenvalue weighted by Crippen LogP contribution is -2.23. The van der Waals surface area contributed by atoms with Gasteiger partial charge in [0.15, 0.2) is 0 Å². The molecule has 1 aromatic heterocycles. The largest absolute Gasteiger partial charge is 0.352 e. The Morgan fingerprint density at radius 1 is 1.23 bits per heavy atom. The maximum Gasteiger partial charge on any atom is 0.251 e. The van der Waals surface area contributed by atoms with E-state index in [0.717, 1.165) is 28.8 Å². The highest BCUT2D eigenvalue weighted by molar-refractivity contribution is 6.31. The van der Waals surface area contributed by atoms with Gasteiger partial charge in [0.2, 0.25) is 0 Å². The summed E-state index contributed by atoms with van der Waals surface area (Å²) in [6, 6.07) is 12.9. The number of amides is 1. The summed E-state index contributed by atoms with van der Waals surface area (Å²) in [6.07, 6.45) is 0.922. The zero-order valence-electron chi connectivity index (χ0n) is 12.2. The number of carbonyl (C=O) groups excluding carboxylic acids is 1. The van der Waals surface area contributed by atoms with Gasteiger partial charge < -0.3 is 10.3 Å². The number of rotatable bonds is 4. The molecule has 0 aliphatic carbocycles. The van der Waals surface area contributed by atoms with E-state index in [9.17, 15) is 4.79 Å². The van der Waals surface area contributed by atoms with Crippen molar-refractivity contribution in [1.29, 1.82) is 0 Å². The van der Waals surface area contributed by atoms with Gasteiger partial charge in [-0.15, -0.1) is 0 Å². The van der Waals surface area contributed by atoms with Gasteiger partial charge in [-0.25, -0.2) is 4.98 Å². The number of aromatic nitrogens is 2. The predicted octanol–water partition coefficient (Wildman–Crippen LogP) is 4.02. The zero-order chi connectivity index (χ0) is 15.5. The van der Waals surface area contributed by atoms with Crippen LogP contribution < -0.4 is 5.32 Å². The summed E-state index contributed by atoms with van der Waals surface area (Å²) in [5, 5.41) is 3.53. The fourth-order valence-corrected chi connectivity index (χ4v) is 2.41. The van der Waals surface area contributed by atoms with Gasteiger partial charge in [-0.3, -0.25) is 4.79 Å². The lowest BCUT2D eigenvalue weighted by Gasteiger charge is -2.04. The molecule has 0 saturated carbocycles. The van der Waals surface area contributed by atoms with E-state index in [2.05, 4.69) is 15.3 Å². The van der Waals surface area contributed by atoms with Crippen molar-refractivity contribution >= 4 is 28.5 Å². The second-order valence-corrected chi connectivity index (χ2v) is 5.52. The Morgan fingerprint density at radius 2 is 2.00 bits per heavy atom. The maximum atomic E-state index is 11.9. The van der Waals surface area contributed by atoms with Crippen molar-refractivity contribution in [3.05, 3.63) is 53.1 Å². The van der Waals surface area contributed by atoms with Gasteiger partial charge in [-0.2, -0.15) is 0 Å². The first kappa shape index (κ1) is 14.6. The van der Waals surface area contributed by atoms with E-state index < -0.39 is 0 Å². The SMILES string of the molecule is CCCNC(=O)c1ccc(-c2nc3ccc(Cl)cc3[nH]2)cc1. The third-order valence-electron chi connectivity index (χ3n) is 3.40. The van der Waals surface area contributed by atoms with Crippen molar-refractivity contribution in [3.8, 4) is 11.4 Å². The standard InChI is InChI=1S/C17H16ClN3O/c1-2-9-19-17(22)12-5-3-11(4-6-12)16-20-14-8-7-13(18)10-15(14)21-16/h3-8,10H,2,9H2,1H3,(H,19,22)(H,20,21). The maximum absolute atomic E-state index is 11.9. The molecule has 4 nitrogen and oxygen atoms in total. The first-order valence-electron chi connectivity index (χ1n) is 7.21. The first-order valence-corrected chi connectivity index (χ1v) is 7.59. The van der Waals surface area contributed by atoms with Gasteiger partial charge >= 0.3 is 0 Å². The smallest absolute Gasteiger partial charge is 0.251 e. The lowest BCUT2D eigenvalue weighted by atomic mass is 10.1. The van der Waals surface area contributed by atoms with Crippen LogP contribution in [-0.4, -0.2) is 22.4 Å². The van der Waals surface area contributed by atoms with Crippen LogP contribution in [0, 0.1) is 0 Å². The minimum Gasteiger partial charge on any atom is -0.352 e. The summed E-state index contributed by atoms with van der Waals surface area (Å²) in [5.74, 6) is 0.711. The van der Waals surface area contributed by atoms with Crippen LogP contribution in [0.2, 0.25) is 5.02 Å². The van der Waals surface area contributed by atoms with E-state index in [1.165, 1.54) is 0 Å². The minimum atomic E-state index is -0.0511. The van der Waals surface area contributed by atoms with Crippen LogP contribution >= 0.6 is 11.6 Å². The van der Waals surface area contributed by atoms with Gasteiger partial charge in [0.25, 0.3) is 5.91 Å². The molecule has 0 bridgehead atoms. The summed E-state index contributed by atoms with van der Waals surface area (Å²) in [4.78, 5) is 19.7. The fraction of sp³-hybridized carbons (Fsp3) is 0.176. The first-order chi connectivity index (χ1) is 10.7. The molecule has 0 atom stereocenters. The number of nitrogens with one attached hydrogen (secondary N) is 2. The molecule has 22 heavy (non-hydrogen) atoms. The third-order valence-corrected chi connectivity index (χ3v) is 3.64. The molecular formula is C17H16ClN3O. The number of imidazole rings is 1. The predicted molar refractivity (Wildman–Crippen MR) is 89.2 cm³/mol. The van der Waals surface area contributed by atoms with E-state index in [1.807, 2.05) is 37.3 Å². The summed E-state index contributed by atoms with van der Waals surface area (Å²) >= 11 is 5.98. The van der Waals surface area contributed by atoms with Crippen LogP contribution in [-0.2, 0) is 0 Å². The molecule has 2 aromatic carbocycles. The Hall–Kier alpha value is -2.33. The van der Waals surface area contributed by atoms with Crippen LogP contribution in [0.3, 0.4) is 0 Å². The monoisotopic (exact) mass is 313 g/mol. The highest BCUT2D eigenvalue weighted by Crippen LogP contribution is 2.23. The number of hydrogen-bond acceptors (Lipinski definition) is 2. The second-order valence-electron chi connectivity index (χ2n) is 5.08. The van der Waals surface area contributed by atoms with E-state index in [-0.39, 0.29) is 5.91 Å². The molecule has 112 valence electrons. The molecule has 0 aliphatic heterocycles. The van der Waals surface area contributed by atoms with Crippen LogP contribution in [0.15, 0.2) is 42.5 Å². The molecule has 1 heterocycles. The average Bonchev–Trinajstić information content (AvgIpc) is 2.95. The fourth-order valence-electron chi connectivity index (χ4n) is 2.24. The Balaban J connectivity index is 1.86. The number of fused-ring (bicyclic) bond motifs is 1. The van der Waals surface area contributed by atoms with Crippen LogP contribution in [0.1, 0.15) is 23.7 Å². The zero-order valence-corrected chi connectivity index (χ0v) is 12.9. The quantitative estimate of drug-likeness (QED) is 0.764. The summed E-state index contributed by atoms with van der Waals surface area (Å²) in [5.41, 5.74) is 3.34. The van der Waals surface area contributed by atoms with Gasteiger partial charge in [0, 0.05) is 22.7 Å². The molecular weight excluding hydrogens is 298 g/mol. The topological polar surface area (TPSA) is 57.8 Å². The van der Waals surface area contributed by atoms with Crippen molar-refractivity contribution in [2.24, 2.45) is 0 Å². The summed E-state index contributed by atoms with van der Waals surface area (Å²) in [6.45, 7) is 2.71. The molecule has 0 unspecified atom stereocenters.